The number of fused-ring (bicyclic) bond motifs is 2. The summed E-state index contributed by atoms with van der Waals surface area (Å²) in [4.78, 5) is 16.1. The topological polar surface area (TPSA) is 74.8 Å². The molecule has 2 saturated heterocycles. The van der Waals surface area contributed by atoms with Crippen molar-refractivity contribution in [2.75, 3.05) is 13.6 Å². The monoisotopic (exact) mass is 330 g/mol. The van der Waals surface area contributed by atoms with Crippen LogP contribution in [-0.4, -0.2) is 43.7 Å². The first-order valence-electron chi connectivity index (χ1n) is 8.69. The van der Waals surface area contributed by atoms with Crippen LogP contribution in [0.4, 0.5) is 0 Å². The SMILES string of the molecule is CCNC(=O)c1ccc(CNC(=NC)NC2CC3CCC2O3)cc1. The Hall–Kier alpha value is -2.08. The number of aliphatic imine (C=N–C) groups is 1. The quantitative estimate of drug-likeness (QED) is 0.564. The first-order chi connectivity index (χ1) is 11.7. The summed E-state index contributed by atoms with van der Waals surface area (Å²) in [5.74, 6) is 0.759. The number of amides is 1. The van der Waals surface area contributed by atoms with Crippen LogP contribution in [0.1, 0.15) is 42.1 Å². The van der Waals surface area contributed by atoms with Crippen LogP contribution in [0.25, 0.3) is 0 Å². The lowest BCUT2D eigenvalue weighted by atomic mass is 9.96. The Morgan fingerprint density at radius 1 is 1.25 bits per heavy atom. The molecule has 130 valence electrons. The zero-order valence-electron chi connectivity index (χ0n) is 14.3. The highest BCUT2D eigenvalue weighted by Crippen LogP contribution is 2.34. The van der Waals surface area contributed by atoms with E-state index in [0.717, 1.165) is 24.4 Å². The molecule has 3 N–H and O–H groups in total. The molecular weight excluding hydrogens is 304 g/mol. The fraction of sp³-hybridized carbons (Fsp3) is 0.556. The lowest BCUT2D eigenvalue weighted by Gasteiger charge is -2.22. The molecule has 6 heteroatoms. The highest BCUT2D eigenvalue weighted by molar-refractivity contribution is 5.94. The molecule has 0 aliphatic carbocycles. The van der Waals surface area contributed by atoms with E-state index in [0.29, 0.717) is 36.9 Å². The van der Waals surface area contributed by atoms with E-state index in [2.05, 4.69) is 20.9 Å². The maximum absolute atomic E-state index is 11.8. The Morgan fingerprint density at radius 3 is 2.62 bits per heavy atom. The highest BCUT2D eigenvalue weighted by Gasteiger charge is 2.41. The van der Waals surface area contributed by atoms with Crippen LogP contribution in [0.5, 0.6) is 0 Å². The third kappa shape index (κ3) is 3.87. The van der Waals surface area contributed by atoms with Crippen molar-refractivity contribution in [2.24, 2.45) is 4.99 Å². The van der Waals surface area contributed by atoms with E-state index < -0.39 is 0 Å². The molecule has 2 fully saturated rings. The summed E-state index contributed by atoms with van der Waals surface area (Å²) in [5, 5.41) is 9.59. The average molecular weight is 330 g/mol. The molecule has 0 radical (unpaired) electrons. The van der Waals surface area contributed by atoms with Gasteiger partial charge in [-0.2, -0.15) is 0 Å². The van der Waals surface area contributed by atoms with Crippen molar-refractivity contribution in [1.82, 2.24) is 16.0 Å². The fourth-order valence-electron chi connectivity index (χ4n) is 3.38. The summed E-state index contributed by atoms with van der Waals surface area (Å²) in [6, 6.07) is 7.98. The van der Waals surface area contributed by atoms with Gasteiger partial charge < -0.3 is 20.7 Å². The molecule has 0 aromatic heterocycles. The zero-order chi connectivity index (χ0) is 16.9. The number of benzene rings is 1. The van der Waals surface area contributed by atoms with Gasteiger partial charge in [-0.3, -0.25) is 9.79 Å². The van der Waals surface area contributed by atoms with Gasteiger partial charge in [0.15, 0.2) is 5.96 Å². The van der Waals surface area contributed by atoms with Crippen molar-refractivity contribution in [2.45, 2.75) is 51.0 Å². The molecule has 3 atom stereocenters. The normalized spacial score (nSPS) is 25.6. The van der Waals surface area contributed by atoms with Crippen molar-refractivity contribution in [1.29, 1.82) is 0 Å². The number of guanidine groups is 1. The minimum absolute atomic E-state index is 0.0363. The van der Waals surface area contributed by atoms with Crippen LogP contribution < -0.4 is 16.0 Å². The average Bonchev–Trinajstić information content (AvgIpc) is 3.22. The van der Waals surface area contributed by atoms with E-state index in [1.54, 1.807) is 7.05 Å². The summed E-state index contributed by atoms with van der Waals surface area (Å²) in [5.41, 5.74) is 1.79. The summed E-state index contributed by atoms with van der Waals surface area (Å²) < 4.78 is 5.87. The predicted molar refractivity (Wildman–Crippen MR) is 94.1 cm³/mol. The predicted octanol–water partition coefficient (Wildman–Crippen LogP) is 1.42. The van der Waals surface area contributed by atoms with Crippen molar-refractivity contribution < 1.29 is 9.53 Å². The second kappa shape index (κ2) is 7.66. The number of ether oxygens (including phenoxy) is 1. The standard InChI is InChI=1S/C18H26N4O2/c1-3-20-17(23)13-6-4-12(5-7-13)11-21-18(19-2)22-15-10-14-8-9-16(15)24-14/h4-7,14-16H,3,8-11H2,1-2H3,(H,20,23)(H2,19,21,22). The lowest BCUT2D eigenvalue weighted by Crippen LogP contribution is -2.47. The highest BCUT2D eigenvalue weighted by atomic mass is 16.5. The van der Waals surface area contributed by atoms with Gasteiger partial charge in [-0.1, -0.05) is 12.1 Å². The van der Waals surface area contributed by atoms with E-state index in [1.165, 1.54) is 6.42 Å². The van der Waals surface area contributed by atoms with E-state index >= 15 is 0 Å². The lowest BCUT2D eigenvalue weighted by molar-refractivity contribution is 0.0955. The molecule has 1 aromatic carbocycles. The number of carbonyl (C=O) groups excluding carboxylic acids is 1. The minimum atomic E-state index is -0.0363. The summed E-state index contributed by atoms with van der Waals surface area (Å²) >= 11 is 0. The van der Waals surface area contributed by atoms with Gasteiger partial charge in [0, 0.05) is 25.7 Å². The van der Waals surface area contributed by atoms with E-state index in [1.807, 2.05) is 31.2 Å². The first kappa shape index (κ1) is 16.8. The Labute approximate surface area is 143 Å². The number of carbonyl (C=O) groups is 1. The van der Waals surface area contributed by atoms with Crippen molar-refractivity contribution in [3.05, 3.63) is 35.4 Å². The summed E-state index contributed by atoms with van der Waals surface area (Å²) in [6.45, 7) is 3.21. The number of hydrogen-bond donors (Lipinski definition) is 3. The van der Waals surface area contributed by atoms with Crippen molar-refractivity contribution in [3.63, 3.8) is 0 Å². The fourth-order valence-corrected chi connectivity index (χ4v) is 3.38. The molecule has 24 heavy (non-hydrogen) atoms. The Morgan fingerprint density at radius 2 is 2.04 bits per heavy atom. The van der Waals surface area contributed by atoms with Crippen LogP contribution in [0.3, 0.4) is 0 Å². The Bertz CT molecular complexity index is 600. The Balaban J connectivity index is 1.49. The molecule has 0 saturated carbocycles. The third-order valence-electron chi connectivity index (χ3n) is 4.67. The number of nitrogens with one attached hydrogen (secondary N) is 3. The van der Waals surface area contributed by atoms with Crippen LogP contribution >= 0.6 is 0 Å². The maximum atomic E-state index is 11.8. The number of rotatable bonds is 5. The third-order valence-corrected chi connectivity index (χ3v) is 4.67. The van der Waals surface area contributed by atoms with Crippen LogP contribution in [0, 0.1) is 0 Å². The maximum Gasteiger partial charge on any atom is 0.251 e. The molecule has 1 amide bonds. The van der Waals surface area contributed by atoms with Crippen LogP contribution in [0.15, 0.2) is 29.3 Å². The van der Waals surface area contributed by atoms with E-state index in [-0.39, 0.29) is 5.91 Å². The van der Waals surface area contributed by atoms with Gasteiger partial charge in [0.1, 0.15) is 0 Å². The molecule has 2 aliphatic heterocycles. The second-order valence-electron chi connectivity index (χ2n) is 6.34. The smallest absolute Gasteiger partial charge is 0.251 e. The van der Waals surface area contributed by atoms with Crippen molar-refractivity contribution in [3.8, 4) is 0 Å². The molecule has 0 spiro atoms. The molecule has 1 aromatic rings. The van der Waals surface area contributed by atoms with Gasteiger partial charge in [-0.15, -0.1) is 0 Å². The summed E-state index contributed by atoms with van der Waals surface area (Å²) in [6.07, 6.45) is 4.14. The number of hydrogen-bond acceptors (Lipinski definition) is 3. The molecule has 2 heterocycles. The van der Waals surface area contributed by atoms with Crippen molar-refractivity contribution >= 4 is 11.9 Å². The first-order valence-corrected chi connectivity index (χ1v) is 8.69. The van der Waals surface area contributed by atoms with Gasteiger partial charge in [0.2, 0.25) is 0 Å². The Kier molecular flexibility index (Phi) is 5.35. The molecule has 2 bridgehead atoms. The molecule has 3 rings (SSSR count). The van der Waals surface area contributed by atoms with Crippen LogP contribution in [-0.2, 0) is 11.3 Å². The van der Waals surface area contributed by atoms with E-state index in [4.69, 9.17) is 4.74 Å². The molecule has 2 aliphatic rings. The molecular formula is C18H26N4O2. The van der Waals surface area contributed by atoms with E-state index in [9.17, 15) is 4.79 Å². The largest absolute Gasteiger partial charge is 0.373 e. The van der Waals surface area contributed by atoms with Crippen LogP contribution in [0.2, 0.25) is 0 Å². The van der Waals surface area contributed by atoms with Gasteiger partial charge in [-0.05, 0) is 43.9 Å². The number of nitrogens with zero attached hydrogens (tertiary/aromatic N) is 1. The van der Waals surface area contributed by atoms with Gasteiger partial charge in [0.25, 0.3) is 5.91 Å². The summed E-state index contributed by atoms with van der Waals surface area (Å²) in [7, 11) is 1.78. The van der Waals surface area contributed by atoms with Gasteiger partial charge in [0.05, 0.1) is 18.2 Å². The zero-order valence-corrected chi connectivity index (χ0v) is 14.3. The molecule has 3 unspecified atom stereocenters. The minimum Gasteiger partial charge on any atom is -0.373 e. The van der Waals surface area contributed by atoms with Gasteiger partial charge in [-0.25, -0.2) is 0 Å². The van der Waals surface area contributed by atoms with Gasteiger partial charge >= 0.3 is 0 Å². The molecule has 6 nitrogen and oxygen atoms in total. The second-order valence-corrected chi connectivity index (χ2v) is 6.34.